The minimum absolute atomic E-state index is 0.180. The molecule has 3 aromatic heterocycles. The molecule has 0 spiro atoms. The zero-order valence-corrected chi connectivity index (χ0v) is 10.1. The van der Waals surface area contributed by atoms with Gasteiger partial charge in [0.05, 0.1) is 18.9 Å². The second kappa shape index (κ2) is 3.78. The first-order valence-electron chi connectivity index (χ1n) is 6.15. The third-order valence-electron chi connectivity index (χ3n) is 3.33. The highest BCUT2D eigenvalue weighted by Gasteiger charge is 2.30. The van der Waals surface area contributed by atoms with Crippen LogP contribution in [0, 0.1) is 0 Å². The summed E-state index contributed by atoms with van der Waals surface area (Å²) in [6.07, 6.45) is 8.67. The molecular formula is C12H11N5O2. The highest BCUT2D eigenvalue weighted by atomic mass is 16.5. The fourth-order valence-corrected chi connectivity index (χ4v) is 2.21. The van der Waals surface area contributed by atoms with Gasteiger partial charge in [0, 0.05) is 23.9 Å². The van der Waals surface area contributed by atoms with Crippen molar-refractivity contribution in [2.45, 2.75) is 25.3 Å². The van der Waals surface area contributed by atoms with Gasteiger partial charge in [-0.15, -0.1) is 5.10 Å². The van der Waals surface area contributed by atoms with Crippen LogP contribution in [0.3, 0.4) is 0 Å². The molecule has 1 saturated carbocycles. The van der Waals surface area contributed by atoms with Gasteiger partial charge in [0.2, 0.25) is 0 Å². The van der Waals surface area contributed by atoms with Crippen molar-refractivity contribution in [3.8, 4) is 0 Å². The summed E-state index contributed by atoms with van der Waals surface area (Å²) < 4.78 is 8.14. The third kappa shape index (κ3) is 1.66. The number of hydrogen-bond donors (Lipinski definition) is 0. The summed E-state index contributed by atoms with van der Waals surface area (Å²) in [5, 5.41) is 8.07. The number of fused-ring (bicyclic) bond motifs is 1. The Balaban J connectivity index is 1.76. The van der Waals surface area contributed by atoms with Gasteiger partial charge in [0.1, 0.15) is 5.76 Å². The lowest BCUT2D eigenvalue weighted by molar-refractivity contribution is 0.382. The highest BCUT2D eigenvalue weighted by molar-refractivity contribution is 5.32. The number of hydrogen-bond acceptors (Lipinski definition) is 5. The molecule has 7 heteroatoms. The Morgan fingerprint density at radius 1 is 1.37 bits per heavy atom. The molecule has 0 aliphatic heterocycles. The third-order valence-corrected chi connectivity index (χ3v) is 3.33. The minimum Gasteiger partial charge on any atom is -0.361 e. The first-order valence-corrected chi connectivity index (χ1v) is 6.15. The first kappa shape index (κ1) is 10.5. The summed E-state index contributed by atoms with van der Waals surface area (Å²) in [4.78, 5) is 16.1. The van der Waals surface area contributed by atoms with Crippen LogP contribution in [0.15, 0.2) is 34.1 Å². The average Bonchev–Trinajstić information content (AvgIpc) is 3.10. The van der Waals surface area contributed by atoms with Crippen LogP contribution in [-0.4, -0.2) is 24.3 Å². The van der Waals surface area contributed by atoms with E-state index < -0.39 is 0 Å². The van der Waals surface area contributed by atoms with Crippen molar-refractivity contribution < 1.29 is 4.52 Å². The van der Waals surface area contributed by atoms with Gasteiger partial charge < -0.3 is 4.52 Å². The van der Waals surface area contributed by atoms with E-state index in [0.717, 1.165) is 24.2 Å². The SMILES string of the molecule is O=c1n(Cc2cnoc2C2CC2)nc2cnccn12. The maximum Gasteiger partial charge on any atom is 0.350 e. The van der Waals surface area contributed by atoms with E-state index in [-0.39, 0.29) is 5.69 Å². The molecule has 96 valence electrons. The molecule has 1 aliphatic carbocycles. The Labute approximate surface area is 107 Å². The highest BCUT2D eigenvalue weighted by Crippen LogP contribution is 2.41. The topological polar surface area (TPSA) is 78.2 Å². The Kier molecular flexibility index (Phi) is 2.08. The van der Waals surface area contributed by atoms with Gasteiger partial charge in [-0.1, -0.05) is 5.16 Å². The fourth-order valence-electron chi connectivity index (χ4n) is 2.21. The van der Waals surface area contributed by atoms with Crippen molar-refractivity contribution in [3.05, 3.63) is 46.6 Å². The van der Waals surface area contributed by atoms with E-state index in [0.29, 0.717) is 18.1 Å². The molecule has 0 atom stereocenters. The molecular weight excluding hydrogens is 246 g/mol. The van der Waals surface area contributed by atoms with Crippen LogP contribution in [0.1, 0.15) is 30.1 Å². The van der Waals surface area contributed by atoms with Crippen LogP contribution in [0.25, 0.3) is 5.65 Å². The summed E-state index contributed by atoms with van der Waals surface area (Å²) in [7, 11) is 0. The van der Waals surface area contributed by atoms with Crippen molar-refractivity contribution in [2.24, 2.45) is 0 Å². The van der Waals surface area contributed by atoms with Crippen molar-refractivity contribution in [2.75, 3.05) is 0 Å². The lowest BCUT2D eigenvalue weighted by atomic mass is 10.2. The zero-order valence-electron chi connectivity index (χ0n) is 10.1. The lowest BCUT2D eigenvalue weighted by Crippen LogP contribution is -2.21. The molecule has 19 heavy (non-hydrogen) atoms. The van der Waals surface area contributed by atoms with Crippen LogP contribution in [0.4, 0.5) is 0 Å². The molecule has 1 aliphatic rings. The predicted molar refractivity (Wildman–Crippen MR) is 64.8 cm³/mol. The van der Waals surface area contributed by atoms with Gasteiger partial charge in [0.25, 0.3) is 0 Å². The molecule has 3 heterocycles. The molecule has 0 saturated heterocycles. The second-order valence-electron chi connectivity index (χ2n) is 4.73. The minimum atomic E-state index is -0.180. The fraction of sp³-hybridized carbons (Fsp3) is 0.333. The van der Waals surface area contributed by atoms with Crippen LogP contribution in [0.5, 0.6) is 0 Å². The van der Waals surface area contributed by atoms with Gasteiger partial charge in [0.15, 0.2) is 5.65 Å². The summed E-state index contributed by atoms with van der Waals surface area (Å²) in [6, 6.07) is 0. The molecule has 0 bridgehead atoms. The number of rotatable bonds is 3. The summed E-state index contributed by atoms with van der Waals surface area (Å²) >= 11 is 0. The number of aromatic nitrogens is 5. The Morgan fingerprint density at radius 2 is 2.26 bits per heavy atom. The van der Waals surface area contributed by atoms with Gasteiger partial charge in [-0.25, -0.2) is 13.9 Å². The standard InChI is InChI=1S/C12H11N5O2/c18-12-16-4-3-13-6-10(16)15-17(12)7-9-5-14-19-11(9)8-1-2-8/h3-6,8H,1-2,7H2. The Hall–Kier alpha value is -2.44. The maximum atomic E-state index is 12.1. The first-order chi connectivity index (χ1) is 9.33. The van der Waals surface area contributed by atoms with Crippen LogP contribution < -0.4 is 5.69 Å². The summed E-state index contributed by atoms with van der Waals surface area (Å²) in [6.45, 7) is 0.385. The molecule has 4 rings (SSSR count). The van der Waals surface area contributed by atoms with E-state index in [1.54, 1.807) is 24.8 Å². The van der Waals surface area contributed by atoms with E-state index in [1.165, 1.54) is 9.08 Å². The quantitative estimate of drug-likeness (QED) is 0.693. The number of nitrogens with zero attached hydrogens (tertiary/aromatic N) is 5. The monoisotopic (exact) mass is 257 g/mol. The van der Waals surface area contributed by atoms with Crippen LogP contribution in [-0.2, 0) is 6.54 Å². The summed E-state index contributed by atoms with van der Waals surface area (Å²) in [5.74, 6) is 1.36. The molecule has 0 aromatic carbocycles. The molecule has 0 amide bonds. The van der Waals surface area contributed by atoms with E-state index in [2.05, 4.69) is 15.2 Å². The van der Waals surface area contributed by atoms with Gasteiger partial charge in [-0.2, -0.15) is 0 Å². The smallest absolute Gasteiger partial charge is 0.350 e. The average molecular weight is 257 g/mol. The van der Waals surface area contributed by atoms with Crippen LogP contribution in [0.2, 0.25) is 0 Å². The molecule has 0 N–H and O–H groups in total. The molecule has 1 fully saturated rings. The molecule has 3 aromatic rings. The normalized spacial score (nSPS) is 15.2. The lowest BCUT2D eigenvalue weighted by Gasteiger charge is -1.98. The Bertz CT molecular complexity index is 796. The maximum absolute atomic E-state index is 12.1. The van der Waals surface area contributed by atoms with Crippen LogP contribution >= 0.6 is 0 Å². The van der Waals surface area contributed by atoms with Crippen molar-refractivity contribution in [1.29, 1.82) is 0 Å². The largest absolute Gasteiger partial charge is 0.361 e. The second-order valence-corrected chi connectivity index (χ2v) is 4.73. The predicted octanol–water partition coefficient (Wildman–Crippen LogP) is 0.805. The van der Waals surface area contributed by atoms with E-state index in [4.69, 9.17) is 4.52 Å². The van der Waals surface area contributed by atoms with Crippen molar-refractivity contribution in [1.82, 2.24) is 24.3 Å². The van der Waals surface area contributed by atoms with Gasteiger partial charge in [-0.3, -0.25) is 4.98 Å². The zero-order chi connectivity index (χ0) is 12.8. The van der Waals surface area contributed by atoms with Crippen molar-refractivity contribution >= 4 is 5.65 Å². The molecule has 7 nitrogen and oxygen atoms in total. The molecule has 0 unspecified atom stereocenters. The Morgan fingerprint density at radius 3 is 3.05 bits per heavy atom. The van der Waals surface area contributed by atoms with Gasteiger partial charge >= 0.3 is 5.69 Å². The molecule has 0 radical (unpaired) electrons. The van der Waals surface area contributed by atoms with Crippen molar-refractivity contribution in [3.63, 3.8) is 0 Å². The van der Waals surface area contributed by atoms with E-state index >= 15 is 0 Å². The van der Waals surface area contributed by atoms with Gasteiger partial charge in [-0.05, 0) is 12.8 Å². The summed E-state index contributed by atoms with van der Waals surface area (Å²) in [5.41, 5.74) is 1.29. The van der Waals surface area contributed by atoms with E-state index in [1.807, 2.05) is 0 Å². The van der Waals surface area contributed by atoms with E-state index in [9.17, 15) is 4.79 Å².